The standard InChI is InChI=1S/C33H23Br2ClN4O4S/c34-23-7-5-20(6-8-23)19-44-31-27(35)15-21(16-28(31)36)17-30-32(41)39(14-13-22-18-37-29-4-2-1-3-26(22)29)33(45-30)38-24-9-11-25(12-10-24)40(42)43/h1-12,15-18,37H,13-14,19H2/b30-17-,38-33?. The number of carbonyl (C=O) groups is 1. The summed E-state index contributed by atoms with van der Waals surface area (Å²) < 4.78 is 7.65. The van der Waals surface area contributed by atoms with Gasteiger partial charge in [0.25, 0.3) is 11.6 Å². The molecule has 0 atom stereocenters. The summed E-state index contributed by atoms with van der Waals surface area (Å²) in [4.78, 5) is 34.6. The average molecular weight is 767 g/mol. The van der Waals surface area contributed by atoms with Gasteiger partial charge in [-0.2, -0.15) is 0 Å². The highest BCUT2D eigenvalue weighted by molar-refractivity contribution is 9.10. The number of thioether (sulfide) groups is 1. The quantitative estimate of drug-likeness (QED) is 0.0915. The Labute approximate surface area is 284 Å². The van der Waals surface area contributed by atoms with Crippen LogP contribution in [-0.4, -0.2) is 32.4 Å². The number of rotatable bonds is 9. The van der Waals surface area contributed by atoms with Crippen molar-refractivity contribution in [1.82, 2.24) is 9.88 Å². The third kappa shape index (κ3) is 7.17. The van der Waals surface area contributed by atoms with Gasteiger partial charge in [0.15, 0.2) is 10.9 Å². The molecule has 0 saturated carbocycles. The zero-order valence-electron chi connectivity index (χ0n) is 23.4. The first-order valence-electron chi connectivity index (χ1n) is 13.7. The Balaban J connectivity index is 1.26. The summed E-state index contributed by atoms with van der Waals surface area (Å²) in [5.74, 6) is 0.316. The number of non-ortho nitro benzene ring substituents is 1. The van der Waals surface area contributed by atoms with Crippen LogP contribution < -0.4 is 4.74 Å². The second-order valence-corrected chi connectivity index (χ2v) is 13.3. The van der Waals surface area contributed by atoms with E-state index in [0.717, 1.165) is 26.5 Å². The van der Waals surface area contributed by atoms with E-state index < -0.39 is 4.92 Å². The number of hydrogen-bond donors (Lipinski definition) is 1. The number of amides is 1. The van der Waals surface area contributed by atoms with E-state index in [9.17, 15) is 14.9 Å². The molecule has 1 N–H and O–H groups in total. The molecule has 6 rings (SSSR count). The predicted molar refractivity (Wildman–Crippen MR) is 187 cm³/mol. The van der Waals surface area contributed by atoms with E-state index in [4.69, 9.17) is 21.3 Å². The first-order chi connectivity index (χ1) is 21.7. The van der Waals surface area contributed by atoms with Crippen LogP contribution in [0.4, 0.5) is 11.4 Å². The number of carbonyl (C=O) groups excluding carboxylic acids is 1. The van der Waals surface area contributed by atoms with E-state index >= 15 is 0 Å². The van der Waals surface area contributed by atoms with Gasteiger partial charge in [0, 0.05) is 40.2 Å². The highest BCUT2D eigenvalue weighted by Gasteiger charge is 2.33. The average Bonchev–Trinajstić information content (AvgIpc) is 3.56. The Morgan fingerprint density at radius 1 is 1.04 bits per heavy atom. The molecule has 1 saturated heterocycles. The first kappa shape index (κ1) is 31.1. The number of nitro benzene ring substituents is 1. The van der Waals surface area contributed by atoms with Gasteiger partial charge in [-0.3, -0.25) is 19.8 Å². The first-order valence-corrected chi connectivity index (χ1v) is 16.5. The van der Waals surface area contributed by atoms with Crippen LogP contribution >= 0.6 is 55.2 Å². The van der Waals surface area contributed by atoms with Gasteiger partial charge >= 0.3 is 0 Å². The highest BCUT2D eigenvalue weighted by Crippen LogP contribution is 2.39. The van der Waals surface area contributed by atoms with E-state index in [-0.39, 0.29) is 11.6 Å². The number of benzene rings is 4. The summed E-state index contributed by atoms with van der Waals surface area (Å²) in [6.45, 7) is 0.734. The summed E-state index contributed by atoms with van der Waals surface area (Å²) in [5.41, 5.74) is 4.30. The number of aliphatic imine (C=N–C) groups is 1. The Hall–Kier alpha value is -3.90. The number of aromatic nitrogens is 1. The molecule has 1 aromatic heterocycles. The summed E-state index contributed by atoms with van der Waals surface area (Å²) in [6, 6.07) is 25.4. The minimum atomic E-state index is -0.459. The molecule has 0 spiro atoms. The summed E-state index contributed by atoms with van der Waals surface area (Å²) in [7, 11) is 0. The van der Waals surface area contributed by atoms with Crippen molar-refractivity contribution >= 4 is 94.7 Å². The maximum absolute atomic E-state index is 13.8. The van der Waals surface area contributed by atoms with Crippen LogP contribution in [0.15, 0.2) is 110 Å². The van der Waals surface area contributed by atoms with Crippen molar-refractivity contribution in [2.75, 3.05) is 6.54 Å². The topological polar surface area (TPSA) is 101 Å². The molecule has 8 nitrogen and oxygen atoms in total. The van der Waals surface area contributed by atoms with Gasteiger partial charge in [0.1, 0.15) is 6.61 Å². The van der Waals surface area contributed by atoms with Crippen molar-refractivity contribution in [3.63, 3.8) is 0 Å². The van der Waals surface area contributed by atoms with E-state index in [1.165, 1.54) is 23.9 Å². The number of para-hydroxylation sites is 1. The monoisotopic (exact) mass is 764 g/mol. The molecule has 0 bridgehead atoms. The van der Waals surface area contributed by atoms with E-state index in [2.05, 4.69) is 36.8 Å². The Morgan fingerprint density at radius 3 is 2.53 bits per heavy atom. The molecule has 2 heterocycles. The summed E-state index contributed by atoms with van der Waals surface area (Å²) in [5, 5.41) is 13.1. The lowest BCUT2D eigenvalue weighted by Gasteiger charge is -2.15. The van der Waals surface area contributed by atoms with Gasteiger partial charge in [-0.25, -0.2) is 4.99 Å². The molecule has 1 fully saturated rings. The zero-order valence-corrected chi connectivity index (χ0v) is 28.1. The minimum Gasteiger partial charge on any atom is -0.486 e. The maximum Gasteiger partial charge on any atom is 0.269 e. The minimum absolute atomic E-state index is 0.0300. The van der Waals surface area contributed by atoms with Crippen LogP contribution in [0.5, 0.6) is 5.75 Å². The van der Waals surface area contributed by atoms with Crippen LogP contribution in [-0.2, 0) is 17.8 Å². The summed E-state index contributed by atoms with van der Waals surface area (Å²) in [6.07, 6.45) is 4.34. The third-order valence-electron chi connectivity index (χ3n) is 7.07. The van der Waals surface area contributed by atoms with Gasteiger partial charge in [0.05, 0.1) is 25.0 Å². The number of nitrogens with one attached hydrogen (secondary N) is 1. The van der Waals surface area contributed by atoms with Crippen molar-refractivity contribution in [2.24, 2.45) is 4.99 Å². The second-order valence-electron chi connectivity index (χ2n) is 10.1. The molecule has 12 heteroatoms. The SMILES string of the molecule is O=C1/C(=C/c2cc(Cl)c(OCc3ccc(Br)cc3)c(Br)c2)SC(=Nc2ccc([N+](=O)[O-])cc2)N1CCc1c[nH]c2ccccc12. The molecule has 0 aliphatic carbocycles. The van der Waals surface area contributed by atoms with Crippen LogP contribution in [0.3, 0.4) is 0 Å². The number of hydrogen-bond acceptors (Lipinski definition) is 6. The molecule has 4 aromatic carbocycles. The normalized spacial score (nSPS) is 15.0. The number of ether oxygens (including phenoxy) is 1. The number of fused-ring (bicyclic) bond motifs is 1. The lowest BCUT2D eigenvalue weighted by atomic mass is 10.1. The van der Waals surface area contributed by atoms with Gasteiger partial charge < -0.3 is 9.72 Å². The Bertz CT molecular complexity index is 1950. The van der Waals surface area contributed by atoms with Crippen molar-refractivity contribution in [3.05, 3.63) is 137 Å². The molecule has 0 radical (unpaired) electrons. The maximum atomic E-state index is 13.8. The number of nitro groups is 1. The highest BCUT2D eigenvalue weighted by atomic mass is 79.9. The lowest BCUT2D eigenvalue weighted by molar-refractivity contribution is -0.384. The fourth-order valence-corrected chi connectivity index (χ4v) is 7.08. The molecule has 226 valence electrons. The largest absolute Gasteiger partial charge is 0.486 e. The van der Waals surface area contributed by atoms with E-state index in [1.807, 2.05) is 60.8 Å². The van der Waals surface area contributed by atoms with Crippen LogP contribution in [0.25, 0.3) is 17.0 Å². The Morgan fingerprint density at radius 2 is 1.80 bits per heavy atom. The van der Waals surface area contributed by atoms with E-state index in [0.29, 0.717) is 56.1 Å². The van der Waals surface area contributed by atoms with Crippen molar-refractivity contribution in [3.8, 4) is 5.75 Å². The lowest BCUT2D eigenvalue weighted by Crippen LogP contribution is -2.31. The van der Waals surface area contributed by atoms with Crippen LogP contribution in [0.1, 0.15) is 16.7 Å². The number of H-pyrrole nitrogens is 1. The second kappa shape index (κ2) is 13.6. The van der Waals surface area contributed by atoms with Crippen molar-refractivity contribution in [1.29, 1.82) is 0 Å². The van der Waals surface area contributed by atoms with Crippen molar-refractivity contribution in [2.45, 2.75) is 13.0 Å². The van der Waals surface area contributed by atoms with Crippen molar-refractivity contribution < 1.29 is 14.5 Å². The molecule has 1 aliphatic rings. The number of halogens is 3. The van der Waals surface area contributed by atoms with Gasteiger partial charge in [0.2, 0.25) is 0 Å². The number of nitrogens with zero attached hydrogens (tertiary/aromatic N) is 3. The third-order valence-corrected chi connectivity index (χ3v) is 9.47. The molecule has 1 aliphatic heterocycles. The van der Waals surface area contributed by atoms with Gasteiger partial charge in [-0.15, -0.1) is 0 Å². The molecular formula is C33H23Br2ClN4O4S. The molecule has 1 amide bonds. The van der Waals surface area contributed by atoms with Crippen LogP contribution in [0.2, 0.25) is 5.02 Å². The van der Waals surface area contributed by atoms with E-state index in [1.54, 1.807) is 29.2 Å². The Kier molecular flexibility index (Phi) is 9.41. The zero-order chi connectivity index (χ0) is 31.5. The smallest absolute Gasteiger partial charge is 0.269 e. The fourth-order valence-electron chi connectivity index (χ4n) is 4.81. The predicted octanol–water partition coefficient (Wildman–Crippen LogP) is 9.68. The van der Waals surface area contributed by atoms with Gasteiger partial charge in [-0.05, 0) is 99.3 Å². The molecular weight excluding hydrogens is 744 g/mol. The van der Waals surface area contributed by atoms with Crippen LogP contribution in [0, 0.1) is 10.1 Å². The number of aromatic amines is 1. The van der Waals surface area contributed by atoms with Gasteiger partial charge in [-0.1, -0.05) is 57.9 Å². The fraction of sp³-hybridized carbons (Fsp3) is 0.0909. The molecule has 5 aromatic rings. The molecule has 45 heavy (non-hydrogen) atoms. The number of amidine groups is 1. The summed E-state index contributed by atoms with van der Waals surface area (Å²) >= 11 is 14.9. The molecule has 0 unspecified atom stereocenters.